The van der Waals surface area contributed by atoms with Crippen LogP contribution in [0.3, 0.4) is 0 Å². The van der Waals surface area contributed by atoms with Crippen molar-refractivity contribution in [2.45, 2.75) is 19.3 Å². The van der Waals surface area contributed by atoms with Gasteiger partial charge in [0.1, 0.15) is 11.6 Å². The smallest absolute Gasteiger partial charge is 0.137 e. The second-order valence-corrected chi connectivity index (χ2v) is 5.26. The summed E-state index contributed by atoms with van der Waals surface area (Å²) in [6.07, 6.45) is 3.11. The first-order valence-corrected chi connectivity index (χ1v) is 7.35. The molecule has 0 radical (unpaired) electrons. The van der Waals surface area contributed by atoms with Gasteiger partial charge < -0.3 is 10.5 Å². The van der Waals surface area contributed by atoms with Crippen molar-refractivity contribution in [1.29, 1.82) is 5.41 Å². The van der Waals surface area contributed by atoms with Crippen LogP contribution in [0.5, 0.6) is 5.75 Å². The molecule has 0 aromatic heterocycles. The first-order valence-electron chi connectivity index (χ1n) is 6.97. The number of nitrogen functional groups attached to an aromatic ring is 1. The minimum Gasteiger partial charge on any atom is -0.492 e. The first-order chi connectivity index (χ1) is 10.2. The lowest BCUT2D eigenvalue weighted by atomic mass is 10.1. The highest BCUT2D eigenvalue weighted by molar-refractivity contribution is 6.32. The highest BCUT2D eigenvalue weighted by Crippen LogP contribution is 2.25. The summed E-state index contributed by atoms with van der Waals surface area (Å²) in [4.78, 5) is 0. The van der Waals surface area contributed by atoms with Crippen LogP contribution in [-0.2, 0) is 6.42 Å². The number of rotatable bonds is 7. The number of unbranched alkanes of at least 4 members (excludes halogenated alkanes) is 1. The third-order valence-corrected chi connectivity index (χ3v) is 3.50. The fraction of sp³-hybridized carbons (Fsp3) is 0.235. The Morgan fingerprint density at radius 3 is 2.52 bits per heavy atom. The third kappa shape index (κ3) is 4.80. The van der Waals surface area contributed by atoms with Crippen molar-refractivity contribution in [3.8, 4) is 5.75 Å². The molecule has 0 amide bonds. The van der Waals surface area contributed by atoms with E-state index in [-0.39, 0.29) is 5.84 Å². The molecule has 0 atom stereocenters. The number of hydrogen-bond acceptors (Lipinski definition) is 2. The summed E-state index contributed by atoms with van der Waals surface area (Å²) in [7, 11) is 0. The summed E-state index contributed by atoms with van der Waals surface area (Å²) in [5.41, 5.74) is 7.37. The normalized spacial score (nSPS) is 10.3. The quantitative estimate of drug-likeness (QED) is 0.461. The summed E-state index contributed by atoms with van der Waals surface area (Å²) < 4.78 is 5.67. The summed E-state index contributed by atoms with van der Waals surface area (Å²) >= 11 is 6.10. The van der Waals surface area contributed by atoms with Gasteiger partial charge in [0.25, 0.3) is 0 Å². The van der Waals surface area contributed by atoms with E-state index in [1.54, 1.807) is 18.2 Å². The van der Waals surface area contributed by atoms with Crippen LogP contribution in [-0.4, -0.2) is 12.4 Å². The van der Waals surface area contributed by atoms with Crippen LogP contribution in [0, 0.1) is 5.41 Å². The second-order valence-electron chi connectivity index (χ2n) is 4.85. The largest absolute Gasteiger partial charge is 0.492 e. The van der Waals surface area contributed by atoms with Crippen molar-refractivity contribution in [3.05, 3.63) is 64.7 Å². The summed E-state index contributed by atoms with van der Waals surface area (Å²) in [6.45, 7) is 0.631. The van der Waals surface area contributed by atoms with Gasteiger partial charge in [0, 0.05) is 5.56 Å². The zero-order valence-electron chi connectivity index (χ0n) is 11.8. The molecule has 3 N–H and O–H groups in total. The average molecular weight is 303 g/mol. The maximum atomic E-state index is 7.36. The van der Waals surface area contributed by atoms with E-state index in [0.29, 0.717) is 22.9 Å². The molecule has 21 heavy (non-hydrogen) atoms. The van der Waals surface area contributed by atoms with E-state index in [4.69, 9.17) is 27.5 Å². The van der Waals surface area contributed by atoms with Gasteiger partial charge in [-0.3, -0.25) is 5.41 Å². The van der Waals surface area contributed by atoms with E-state index in [1.165, 1.54) is 5.56 Å². The first kappa shape index (κ1) is 15.4. The number of nitrogens with two attached hydrogens (primary N) is 1. The standard InChI is InChI=1S/C17H19ClN2O/c18-15-12-14(17(19)20)9-10-16(15)21-11-5-4-8-13-6-2-1-3-7-13/h1-3,6-7,9-10,12H,4-5,8,11H2,(H3,19,20). The van der Waals surface area contributed by atoms with E-state index < -0.39 is 0 Å². The van der Waals surface area contributed by atoms with Crippen molar-refractivity contribution in [2.75, 3.05) is 6.61 Å². The molecule has 0 heterocycles. The lowest BCUT2D eigenvalue weighted by Crippen LogP contribution is -2.10. The number of amidine groups is 1. The van der Waals surface area contributed by atoms with E-state index in [1.807, 2.05) is 6.07 Å². The highest BCUT2D eigenvalue weighted by Gasteiger charge is 2.04. The predicted molar refractivity (Wildman–Crippen MR) is 87.3 cm³/mol. The zero-order valence-corrected chi connectivity index (χ0v) is 12.6. The van der Waals surface area contributed by atoms with Crippen molar-refractivity contribution in [2.24, 2.45) is 5.73 Å². The fourth-order valence-corrected chi connectivity index (χ4v) is 2.28. The number of halogens is 1. The Bertz CT molecular complexity index is 599. The van der Waals surface area contributed by atoms with Gasteiger partial charge in [-0.25, -0.2) is 0 Å². The number of benzene rings is 2. The van der Waals surface area contributed by atoms with Gasteiger partial charge in [-0.1, -0.05) is 41.9 Å². The fourth-order valence-electron chi connectivity index (χ4n) is 2.04. The van der Waals surface area contributed by atoms with Crippen molar-refractivity contribution < 1.29 is 4.74 Å². The molecule has 0 unspecified atom stereocenters. The molecule has 0 spiro atoms. The van der Waals surface area contributed by atoms with Crippen LogP contribution in [0.15, 0.2) is 48.5 Å². The molecular formula is C17H19ClN2O. The SMILES string of the molecule is N=C(N)c1ccc(OCCCCc2ccccc2)c(Cl)c1. The Morgan fingerprint density at radius 2 is 1.86 bits per heavy atom. The summed E-state index contributed by atoms with van der Waals surface area (Å²) in [6, 6.07) is 15.6. The van der Waals surface area contributed by atoms with Gasteiger partial charge in [-0.2, -0.15) is 0 Å². The van der Waals surface area contributed by atoms with Crippen LogP contribution in [0.2, 0.25) is 5.02 Å². The Balaban J connectivity index is 1.75. The molecule has 0 saturated carbocycles. The van der Waals surface area contributed by atoms with Crippen molar-refractivity contribution >= 4 is 17.4 Å². The van der Waals surface area contributed by atoms with Gasteiger partial charge in [0.15, 0.2) is 0 Å². The number of aryl methyl sites for hydroxylation is 1. The van der Waals surface area contributed by atoms with Gasteiger partial charge in [0.05, 0.1) is 11.6 Å². The maximum absolute atomic E-state index is 7.36. The number of hydrogen-bond donors (Lipinski definition) is 2. The molecule has 2 aromatic rings. The number of ether oxygens (including phenoxy) is 1. The maximum Gasteiger partial charge on any atom is 0.137 e. The van der Waals surface area contributed by atoms with Crippen molar-refractivity contribution in [1.82, 2.24) is 0 Å². The van der Waals surface area contributed by atoms with Crippen LogP contribution in [0.1, 0.15) is 24.0 Å². The monoisotopic (exact) mass is 302 g/mol. The predicted octanol–water partition coefficient (Wildman–Crippen LogP) is 4.03. The van der Waals surface area contributed by atoms with E-state index in [0.717, 1.165) is 19.3 Å². The summed E-state index contributed by atoms with van der Waals surface area (Å²) in [5, 5.41) is 7.85. The molecule has 2 aromatic carbocycles. The molecule has 0 bridgehead atoms. The molecule has 4 heteroatoms. The molecule has 2 rings (SSSR count). The van der Waals surface area contributed by atoms with Gasteiger partial charge >= 0.3 is 0 Å². The third-order valence-electron chi connectivity index (χ3n) is 3.20. The van der Waals surface area contributed by atoms with Gasteiger partial charge in [-0.05, 0) is 43.0 Å². The second kappa shape index (κ2) is 7.70. The van der Waals surface area contributed by atoms with Gasteiger partial charge in [0.2, 0.25) is 0 Å². The van der Waals surface area contributed by atoms with Crippen LogP contribution < -0.4 is 10.5 Å². The number of nitrogens with one attached hydrogen (secondary N) is 1. The van der Waals surface area contributed by atoms with Crippen LogP contribution in [0.25, 0.3) is 0 Å². The molecule has 0 aliphatic heterocycles. The summed E-state index contributed by atoms with van der Waals surface area (Å²) in [5.74, 6) is 0.646. The molecule has 0 fully saturated rings. The Kier molecular flexibility index (Phi) is 5.64. The van der Waals surface area contributed by atoms with Gasteiger partial charge in [-0.15, -0.1) is 0 Å². The van der Waals surface area contributed by atoms with E-state index in [2.05, 4.69) is 24.3 Å². The van der Waals surface area contributed by atoms with E-state index >= 15 is 0 Å². The zero-order chi connectivity index (χ0) is 15.1. The molecule has 0 aliphatic rings. The average Bonchev–Trinajstić information content (AvgIpc) is 2.49. The Hall–Kier alpha value is -2.00. The molecule has 0 aliphatic carbocycles. The topological polar surface area (TPSA) is 59.1 Å². The van der Waals surface area contributed by atoms with E-state index in [9.17, 15) is 0 Å². The highest BCUT2D eigenvalue weighted by atomic mass is 35.5. The lowest BCUT2D eigenvalue weighted by Gasteiger charge is -2.09. The molecule has 0 saturated heterocycles. The van der Waals surface area contributed by atoms with Crippen LogP contribution >= 0.6 is 11.6 Å². The molecular weight excluding hydrogens is 284 g/mol. The minimum absolute atomic E-state index is 0.00584. The van der Waals surface area contributed by atoms with Crippen LogP contribution in [0.4, 0.5) is 0 Å². The Labute approximate surface area is 130 Å². The minimum atomic E-state index is 0.00584. The Morgan fingerprint density at radius 1 is 1.10 bits per heavy atom. The molecule has 110 valence electrons. The molecule has 3 nitrogen and oxygen atoms in total. The lowest BCUT2D eigenvalue weighted by molar-refractivity contribution is 0.307. The van der Waals surface area contributed by atoms with Crippen molar-refractivity contribution in [3.63, 3.8) is 0 Å².